The Morgan fingerprint density at radius 3 is 2.93 bits per heavy atom. The largest absolute Gasteiger partial charge is 0.375 e. The van der Waals surface area contributed by atoms with Gasteiger partial charge in [0.05, 0.1) is 5.60 Å². The lowest BCUT2D eigenvalue weighted by Crippen LogP contribution is -2.43. The number of unbranched alkanes of at least 4 members (excludes halogenated alkanes) is 2. The Labute approximate surface area is 93.8 Å². The van der Waals surface area contributed by atoms with E-state index in [0.717, 1.165) is 38.8 Å². The highest BCUT2D eigenvalue weighted by molar-refractivity contribution is 4.84. The zero-order valence-corrected chi connectivity index (χ0v) is 10.0. The lowest BCUT2D eigenvalue weighted by Gasteiger charge is -2.36. The van der Waals surface area contributed by atoms with Crippen molar-refractivity contribution < 1.29 is 4.74 Å². The maximum atomic E-state index is 5.67. The molecule has 1 heterocycles. The summed E-state index contributed by atoms with van der Waals surface area (Å²) in [5, 5.41) is 3.59. The number of terminal acetylenes is 1. The first-order valence-corrected chi connectivity index (χ1v) is 5.95. The molecule has 1 rings (SSSR count). The normalized spacial score (nSPS) is 24.7. The molecule has 0 aromatic heterocycles. The van der Waals surface area contributed by atoms with E-state index in [1.807, 2.05) is 0 Å². The summed E-state index contributed by atoms with van der Waals surface area (Å²) in [6.45, 7) is 6.30. The van der Waals surface area contributed by atoms with Gasteiger partial charge >= 0.3 is 0 Å². The molecule has 1 aliphatic rings. The van der Waals surface area contributed by atoms with Crippen LogP contribution >= 0.6 is 0 Å². The molecule has 0 amide bonds. The molecule has 1 aliphatic heterocycles. The average molecular weight is 209 g/mol. The standard InChI is InChI=1S/C13H23NO/c1-4-5-6-7-9-14-12-8-10-15-13(2,3)11-12/h1,12,14H,5-11H2,2-3H3. The van der Waals surface area contributed by atoms with E-state index >= 15 is 0 Å². The minimum absolute atomic E-state index is 0.0503. The molecule has 15 heavy (non-hydrogen) atoms. The van der Waals surface area contributed by atoms with Crippen molar-refractivity contribution >= 4 is 0 Å². The van der Waals surface area contributed by atoms with Crippen LogP contribution in [0, 0.1) is 12.3 Å². The van der Waals surface area contributed by atoms with Crippen molar-refractivity contribution in [2.45, 2.75) is 57.6 Å². The van der Waals surface area contributed by atoms with Gasteiger partial charge < -0.3 is 10.1 Å². The minimum atomic E-state index is 0.0503. The van der Waals surface area contributed by atoms with E-state index in [9.17, 15) is 0 Å². The molecule has 2 heteroatoms. The van der Waals surface area contributed by atoms with Crippen LogP contribution in [0.5, 0.6) is 0 Å². The second-order valence-corrected chi connectivity index (χ2v) is 4.91. The fraction of sp³-hybridized carbons (Fsp3) is 0.846. The Morgan fingerprint density at radius 2 is 2.27 bits per heavy atom. The quantitative estimate of drug-likeness (QED) is 0.554. The summed E-state index contributed by atoms with van der Waals surface area (Å²) < 4.78 is 5.67. The molecule has 0 radical (unpaired) electrons. The zero-order valence-electron chi connectivity index (χ0n) is 10.0. The summed E-state index contributed by atoms with van der Waals surface area (Å²) in [4.78, 5) is 0. The Hall–Kier alpha value is -0.520. The molecule has 0 spiro atoms. The molecule has 1 N–H and O–H groups in total. The van der Waals surface area contributed by atoms with E-state index in [1.54, 1.807) is 0 Å². The number of hydrogen-bond donors (Lipinski definition) is 1. The maximum Gasteiger partial charge on any atom is 0.0641 e. The van der Waals surface area contributed by atoms with E-state index in [0.29, 0.717) is 6.04 Å². The average Bonchev–Trinajstić information content (AvgIpc) is 2.16. The van der Waals surface area contributed by atoms with Crippen LogP contribution in [-0.4, -0.2) is 24.8 Å². The highest BCUT2D eigenvalue weighted by Gasteiger charge is 2.28. The second-order valence-electron chi connectivity index (χ2n) is 4.91. The van der Waals surface area contributed by atoms with Crippen LogP contribution in [0.2, 0.25) is 0 Å². The first kappa shape index (κ1) is 12.5. The summed E-state index contributed by atoms with van der Waals surface area (Å²) in [7, 11) is 0. The molecule has 0 aromatic rings. The van der Waals surface area contributed by atoms with Crippen molar-refractivity contribution in [2.24, 2.45) is 0 Å². The van der Waals surface area contributed by atoms with Gasteiger partial charge in [0, 0.05) is 19.1 Å². The third-order valence-electron chi connectivity index (χ3n) is 2.88. The molecular weight excluding hydrogens is 186 g/mol. The first-order chi connectivity index (χ1) is 7.14. The number of hydrogen-bond acceptors (Lipinski definition) is 2. The van der Waals surface area contributed by atoms with Crippen molar-refractivity contribution in [3.8, 4) is 12.3 Å². The Morgan fingerprint density at radius 1 is 1.47 bits per heavy atom. The predicted octanol–water partition coefficient (Wildman–Crippen LogP) is 2.34. The predicted molar refractivity (Wildman–Crippen MR) is 63.7 cm³/mol. The van der Waals surface area contributed by atoms with E-state index in [-0.39, 0.29) is 5.60 Å². The van der Waals surface area contributed by atoms with Crippen LogP contribution in [0.25, 0.3) is 0 Å². The lowest BCUT2D eigenvalue weighted by molar-refractivity contribution is -0.0627. The summed E-state index contributed by atoms with van der Waals surface area (Å²) in [6.07, 6.45) is 10.7. The van der Waals surface area contributed by atoms with E-state index < -0.39 is 0 Å². The lowest BCUT2D eigenvalue weighted by atomic mass is 9.94. The van der Waals surface area contributed by atoms with Gasteiger partial charge in [0.2, 0.25) is 0 Å². The van der Waals surface area contributed by atoms with Gasteiger partial charge in [-0.1, -0.05) is 0 Å². The Bertz CT molecular complexity index is 217. The van der Waals surface area contributed by atoms with Gasteiger partial charge in [-0.25, -0.2) is 0 Å². The molecule has 1 atom stereocenters. The number of ether oxygens (including phenoxy) is 1. The molecule has 0 saturated carbocycles. The summed E-state index contributed by atoms with van der Waals surface area (Å²) >= 11 is 0. The van der Waals surface area contributed by atoms with Gasteiger partial charge in [-0.3, -0.25) is 0 Å². The van der Waals surface area contributed by atoms with Gasteiger partial charge in [-0.05, 0) is 46.1 Å². The van der Waals surface area contributed by atoms with Crippen molar-refractivity contribution in [3.05, 3.63) is 0 Å². The van der Waals surface area contributed by atoms with E-state index in [4.69, 9.17) is 11.2 Å². The first-order valence-electron chi connectivity index (χ1n) is 5.95. The maximum absolute atomic E-state index is 5.67. The van der Waals surface area contributed by atoms with Gasteiger partial charge in [0.1, 0.15) is 0 Å². The van der Waals surface area contributed by atoms with Gasteiger partial charge in [-0.2, -0.15) is 0 Å². The van der Waals surface area contributed by atoms with Crippen LogP contribution in [0.1, 0.15) is 46.0 Å². The second kappa shape index (κ2) is 6.15. The monoisotopic (exact) mass is 209 g/mol. The van der Waals surface area contributed by atoms with E-state index in [1.165, 1.54) is 6.42 Å². The zero-order chi connectivity index (χ0) is 11.1. The van der Waals surface area contributed by atoms with Crippen LogP contribution < -0.4 is 5.32 Å². The number of rotatable bonds is 5. The van der Waals surface area contributed by atoms with Crippen LogP contribution in [0.4, 0.5) is 0 Å². The molecule has 0 bridgehead atoms. The third-order valence-corrected chi connectivity index (χ3v) is 2.88. The molecular formula is C13H23NO. The Balaban J connectivity index is 2.08. The fourth-order valence-corrected chi connectivity index (χ4v) is 2.06. The minimum Gasteiger partial charge on any atom is -0.375 e. The topological polar surface area (TPSA) is 21.3 Å². The van der Waals surface area contributed by atoms with Crippen molar-refractivity contribution in [1.82, 2.24) is 5.32 Å². The van der Waals surface area contributed by atoms with E-state index in [2.05, 4.69) is 25.1 Å². The van der Waals surface area contributed by atoms with Gasteiger partial charge in [0.15, 0.2) is 0 Å². The SMILES string of the molecule is C#CCCCCNC1CCOC(C)(C)C1. The molecule has 86 valence electrons. The smallest absolute Gasteiger partial charge is 0.0641 e. The molecule has 0 aromatic carbocycles. The number of nitrogens with one attached hydrogen (secondary N) is 1. The Kier molecular flexibility index (Phi) is 5.14. The summed E-state index contributed by atoms with van der Waals surface area (Å²) in [5.41, 5.74) is 0.0503. The summed E-state index contributed by atoms with van der Waals surface area (Å²) in [5.74, 6) is 2.67. The third kappa shape index (κ3) is 5.20. The van der Waals surface area contributed by atoms with Crippen LogP contribution in [-0.2, 0) is 4.74 Å². The van der Waals surface area contributed by atoms with Gasteiger partial charge in [0.25, 0.3) is 0 Å². The highest BCUT2D eigenvalue weighted by Crippen LogP contribution is 2.23. The van der Waals surface area contributed by atoms with Crippen molar-refractivity contribution in [1.29, 1.82) is 0 Å². The molecule has 2 nitrogen and oxygen atoms in total. The summed E-state index contributed by atoms with van der Waals surface area (Å²) in [6, 6.07) is 0.625. The van der Waals surface area contributed by atoms with Crippen LogP contribution in [0.15, 0.2) is 0 Å². The highest BCUT2D eigenvalue weighted by atomic mass is 16.5. The van der Waals surface area contributed by atoms with Gasteiger partial charge in [-0.15, -0.1) is 12.3 Å². The molecule has 1 saturated heterocycles. The van der Waals surface area contributed by atoms with Crippen LogP contribution in [0.3, 0.4) is 0 Å². The van der Waals surface area contributed by atoms with Crippen molar-refractivity contribution in [2.75, 3.05) is 13.2 Å². The molecule has 1 fully saturated rings. The fourth-order valence-electron chi connectivity index (χ4n) is 2.06. The van der Waals surface area contributed by atoms with Crippen molar-refractivity contribution in [3.63, 3.8) is 0 Å². The molecule has 1 unspecified atom stereocenters. The molecule has 0 aliphatic carbocycles.